The summed E-state index contributed by atoms with van der Waals surface area (Å²) in [6, 6.07) is 30.0. The van der Waals surface area contributed by atoms with Gasteiger partial charge in [-0.15, -0.1) is 22.7 Å². The van der Waals surface area contributed by atoms with E-state index in [1.165, 1.54) is 57.0 Å². The molecule has 4 aromatic carbocycles. The molecular weight excluding hydrogens is 436 g/mol. The minimum absolute atomic E-state index is 0.0571. The third-order valence-corrected chi connectivity index (χ3v) is 9.32. The Balaban J connectivity index is 1.39. The lowest BCUT2D eigenvalue weighted by Gasteiger charge is -2.26. The Bertz CT molecular complexity index is 1640. The summed E-state index contributed by atoms with van der Waals surface area (Å²) in [5, 5.41) is 5.56. The van der Waals surface area contributed by atoms with Crippen molar-refractivity contribution in [3.8, 4) is 0 Å². The monoisotopic (exact) mass is 464 g/mol. The Labute approximate surface area is 203 Å². The van der Waals surface area contributed by atoms with Crippen molar-refractivity contribution in [1.82, 2.24) is 0 Å². The van der Waals surface area contributed by atoms with Crippen LogP contribution in [0.5, 0.6) is 0 Å². The van der Waals surface area contributed by atoms with Gasteiger partial charge in [-0.1, -0.05) is 70.2 Å². The van der Waals surface area contributed by atoms with E-state index in [0.29, 0.717) is 5.92 Å². The van der Waals surface area contributed by atoms with Gasteiger partial charge in [-0.05, 0) is 70.8 Å². The van der Waals surface area contributed by atoms with E-state index in [1.807, 2.05) is 22.7 Å². The number of benzene rings is 4. The Morgan fingerprint density at radius 1 is 0.636 bits per heavy atom. The van der Waals surface area contributed by atoms with Crippen LogP contribution in [-0.4, -0.2) is 0 Å². The molecule has 0 N–H and O–H groups in total. The van der Waals surface area contributed by atoms with Gasteiger partial charge in [0.25, 0.3) is 0 Å². The second kappa shape index (κ2) is 7.68. The van der Waals surface area contributed by atoms with E-state index >= 15 is 0 Å². The zero-order chi connectivity index (χ0) is 22.7. The number of hydrogen-bond acceptors (Lipinski definition) is 2. The number of rotatable bonds is 4. The van der Waals surface area contributed by atoms with Crippen molar-refractivity contribution in [2.24, 2.45) is 0 Å². The highest BCUT2D eigenvalue weighted by molar-refractivity contribution is 7.26. The molecule has 0 aliphatic rings. The van der Waals surface area contributed by atoms with Crippen molar-refractivity contribution < 1.29 is 0 Å². The molecule has 0 saturated heterocycles. The Hall–Kier alpha value is -2.68. The van der Waals surface area contributed by atoms with Gasteiger partial charge < -0.3 is 0 Å². The van der Waals surface area contributed by atoms with E-state index in [4.69, 9.17) is 0 Å². The molecule has 0 saturated carbocycles. The number of thiophene rings is 2. The quantitative estimate of drug-likeness (QED) is 0.243. The minimum atomic E-state index is 0.0571. The summed E-state index contributed by atoms with van der Waals surface area (Å²) in [4.78, 5) is 0. The molecule has 6 aromatic rings. The maximum Gasteiger partial charge on any atom is 0.0358 e. The molecule has 0 radical (unpaired) electrons. The van der Waals surface area contributed by atoms with Crippen molar-refractivity contribution >= 4 is 63.0 Å². The van der Waals surface area contributed by atoms with Crippen molar-refractivity contribution in [2.45, 2.75) is 45.4 Å². The number of hydrogen-bond donors (Lipinski definition) is 0. The lowest BCUT2D eigenvalue weighted by Crippen LogP contribution is -2.20. The molecule has 6 rings (SSSR count). The molecule has 0 aliphatic carbocycles. The van der Waals surface area contributed by atoms with Crippen molar-refractivity contribution in [2.75, 3.05) is 0 Å². The molecule has 0 bridgehead atoms. The van der Waals surface area contributed by atoms with Gasteiger partial charge in [-0.3, -0.25) is 0 Å². The van der Waals surface area contributed by atoms with E-state index in [1.54, 1.807) is 0 Å². The van der Waals surface area contributed by atoms with Crippen molar-refractivity contribution in [1.29, 1.82) is 0 Å². The molecule has 2 heterocycles. The molecule has 0 unspecified atom stereocenters. The van der Waals surface area contributed by atoms with Crippen LogP contribution in [0.4, 0.5) is 0 Å². The highest BCUT2D eigenvalue weighted by atomic mass is 32.1. The molecule has 0 amide bonds. The smallest absolute Gasteiger partial charge is 0.0358 e. The van der Waals surface area contributed by atoms with Gasteiger partial charge in [0.05, 0.1) is 0 Å². The third-order valence-electron chi connectivity index (χ3n) is 7.03. The first-order valence-corrected chi connectivity index (χ1v) is 13.4. The molecule has 0 fully saturated rings. The van der Waals surface area contributed by atoms with Crippen molar-refractivity contribution in [3.63, 3.8) is 0 Å². The Morgan fingerprint density at radius 3 is 2.12 bits per heavy atom. The third kappa shape index (κ3) is 3.57. The standard InChI is InChI=1S/C31H28S2/c1-19(2)21-10-12-24-25-15-20(9-13-28(25)33-30(24)16-21)18-31(3,4)22-11-14-29-26(17-22)23-7-5-6-8-27(23)32-29/h5-17,19H,18H2,1-4H3. The molecule has 0 spiro atoms. The average Bonchev–Trinajstić information content (AvgIpc) is 3.35. The van der Waals surface area contributed by atoms with Gasteiger partial charge in [0.1, 0.15) is 0 Å². The largest absolute Gasteiger partial charge is 0.135 e. The fourth-order valence-corrected chi connectivity index (χ4v) is 7.29. The SMILES string of the molecule is CC(C)c1ccc2c(c1)sc1ccc(CC(C)(C)c3ccc4sc5ccccc5c4c3)cc12. The highest BCUT2D eigenvalue weighted by Crippen LogP contribution is 2.39. The molecule has 0 nitrogen and oxygen atoms in total. The van der Waals surface area contributed by atoms with Gasteiger partial charge in [0.2, 0.25) is 0 Å². The van der Waals surface area contributed by atoms with Crippen LogP contribution in [0.2, 0.25) is 0 Å². The lowest BCUT2D eigenvalue weighted by molar-refractivity contribution is 0.523. The predicted octanol–water partition coefficient (Wildman–Crippen LogP) is 10.1. The van der Waals surface area contributed by atoms with Crippen LogP contribution < -0.4 is 0 Å². The van der Waals surface area contributed by atoms with Crippen LogP contribution in [0.1, 0.15) is 50.3 Å². The summed E-state index contributed by atoms with van der Waals surface area (Å²) in [5.41, 5.74) is 4.30. The minimum Gasteiger partial charge on any atom is -0.135 e. The van der Waals surface area contributed by atoms with Crippen molar-refractivity contribution in [3.05, 3.63) is 95.6 Å². The van der Waals surface area contributed by atoms with Gasteiger partial charge >= 0.3 is 0 Å². The second-order valence-corrected chi connectivity index (χ2v) is 12.4. The first-order valence-electron chi connectivity index (χ1n) is 11.8. The van der Waals surface area contributed by atoms with Gasteiger partial charge in [0, 0.05) is 40.3 Å². The Kier molecular flexibility index (Phi) is 4.87. The van der Waals surface area contributed by atoms with Crippen LogP contribution in [0.25, 0.3) is 40.3 Å². The van der Waals surface area contributed by atoms with Gasteiger partial charge in [0.15, 0.2) is 0 Å². The topological polar surface area (TPSA) is 0 Å². The molecule has 2 heteroatoms. The van der Waals surface area contributed by atoms with Gasteiger partial charge in [-0.25, -0.2) is 0 Å². The molecule has 0 atom stereocenters. The van der Waals surface area contributed by atoms with Crippen LogP contribution in [0, 0.1) is 0 Å². The first kappa shape index (κ1) is 20.9. The maximum absolute atomic E-state index is 2.43. The van der Waals surface area contributed by atoms with Crippen LogP contribution in [-0.2, 0) is 11.8 Å². The Morgan fingerprint density at radius 2 is 1.30 bits per heavy atom. The molecule has 0 aliphatic heterocycles. The first-order chi connectivity index (χ1) is 15.9. The lowest BCUT2D eigenvalue weighted by atomic mass is 9.78. The maximum atomic E-state index is 2.43. The highest BCUT2D eigenvalue weighted by Gasteiger charge is 2.23. The van der Waals surface area contributed by atoms with Gasteiger partial charge in [-0.2, -0.15) is 0 Å². The van der Waals surface area contributed by atoms with E-state index in [2.05, 4.69) is 107 Å². The van der Waals surface area contributed by atoms with Crippen LogP contribution in [0.15, 0.2) is 78.9 Å². The molecule has 2 aromatic heterocycles. The van der Waals surface area contributed by atoms with E-state index in [-0.39, 0.29) is 5.41 Å². The molecule has 33 heavy (non-hydrogen) atoms. The second-order valence-electron chi connectivity index (χ2n) is 10.2. The van der Waals surface area contributed by atoms with E-state index in [9.17, 15) is 0 Å². The zero-order valence-electron chi connectivity index (χ0n) is 19.6. The fourth-order valence-electron chi connectivity index (χ4n) is 5.07. The summed E-state index contributed by atoms with van der Waals surface area (Å²) in [7, 11) is 0. The summed E-state index contributed by atoms with van der Waals surface area (Å²) < 4.78 is 5.54. The molecular formula is C31H28S2. The normalized spacial score (nSPS) is 12.6. The predicted molar refractivity (Wildman–Crippen MR) is 149 cm³/mol. The van der Waals surface area contributed by atoms with Crippen LogP contribution in [0.3, 0.4) is 0 Å². The average molecular weight is 465 g/mol. The van der Waals surface area contributed by atoms with E-state index in [0.717, 1.165) is 6.42 Å². The summed E-state index contributed by atoms with van der Waals surface area (Å²) in [6.45, 7) is 9.30. The van der Waals surface area contributed by atoms with Crippen LogP contribution >= 0.6 is 22.7 Å². The zero-order valence-corrected chi connectivity index (χ0v) is 21.2. The fraction of sp³-hybridized carbons (Fsp3) is 0.226. The summed E-state index contributed by atoms with van der Waals surface area (Å²) >= 11 is 3.81. The summed E-state index contributed by atoms with van der Waals surface area (Å²) in [5.74, 6) is 0.564. The molecule has 164 valence electrons. The van der Waals surface area contributed by atoms with E-state index < -0.39 is 0 Å². The number of fused-ring (bicyclic) bond motifs is 6. The summed E-state index contributed by atoms with van der Waals surface area (Å²) in [6.07, 6.45) is 1.03.